The Morgan fingerprint density at radius 3 is 3.04 bits per heavy atom. The maximum absolute atomic E-state index is 12.3. The van der Waals surface area contributed by atoms with Crippen molar-refractivity contribution in [1.29, 1.82) is 0 Å². The smallest absolute Gasteiger partial charge is 0.267 e. The second-order valence-corrected chi connectivity index (χ2v) is 6.46. The molecule has 3 heterocycles. The molecule has 0 bridgehead atoms. The molecule has 2 aromatic heterocycles. The van der Waals surface area contributed by atoms with Crippen molar-refractivity contribution in [2.75, 3.05) is 6.54 Å². The van der Waals surface area contributed by atoms with E-state index >= 15 is 0 Å². The van der Waals surface area contributed by atoms with Crippen LogP contribution in [0.2, 0.25) is 0 Å². The van der Waals surface area contributed by atoms with E-state index in [4.69, 9.17) is 4.52 Å². The molecule has 2 aliphatic rings. The molecule has 1 unspecified atom stereocenters. The second-order valence-electron chi connectivity index (χ2n) is 6.46. The molecule has 0 saturated carbocycles. The highest BCUT2D eigenvalue weighted by Crippen LogP contribution is 2.21. The molecule has 1 saturated heterocycles. The topological polar surface area (TPSA) is 77.0 Å². The summed E-state index contributed by atoms with van der Waals surface area (Å²) in [5.41, 5.74) is 2.28. The van der Waals surface area contributed by atoms with Crippen LogP contribution >= 0.6 is 0 Å². The van der Waals surface area contributed by atoms with Crippen LogP contribution in [0.5, 0.6) is 0 Å². The van der Waals surface area contributed by atoms with E-state index < -0.39 is 0 Å². The Kier molecular flexibility index (Phi) is 3.95. The van der Waals surface area contributed by atoms with Crippen molar-refractivity contribution in [3.63, 3.8) is 0 Å². The molecule has 2 aromatic rings. The third kappa shape index (κ3) is 3.06. The fourth-order valence-electron chi connectivity index (χ4n) is 3.69. The van der Waals surface area contributed by atoms with Crippen molar-refractivity contribution >= 4 is 0 Å². The fourth-order valence-corrected chi connectivity index (χ4v) is 3.69. The Balaban J connectivity index is 1.51. The van der Waals surface area contributed by atoms with E-state index in [2.05, 4.69) is 20.1 Å². The van der Waals surface area contributed by atoms with Gasteiger partial charge in [0.2, 0.25) is 6.39 Å². The van der Waals surface area contributed by atoms with Crippen LogP contribution in [0.15, 0.2) is 21.8 Å². The summed E-state index contributed by atoms with van der Waals surface area (Å²) in [6, 6.07) is 2.10. The van der Waals surface area contributed by atoms with E-state index in [1.54, 1.807) is 10.7 Å². The van der Waals surface area contributed by atoms with Crippen molar-refractivity contribution < 1.29 is 4.52 Å². The maximum atomic E-state index is 12.3. The van der Waals surface area contributed by atoms with Crippen LogP contribution in [0.3, 0.4) is 0 Å². The van der Waals surface area contributed by atoms with Gasteiger partial charge in [0.1, 0.15) is 0 Å². The predicted molar refractivity (Wildman–Crippen MR) is 82.9 cm³/mol. The lowest BCUT2D eigenvalue weighted by molar-refractivity contribution is 0.208. The Morgan fingerprint density at radius 2 is 2.17 bits per heavy atom. The first kappa shape index (κ1) is 14.6. The largest absolute Gasteiger partial charge is 0.343 e. The molecule has 0 spiro atoms. The van der Waals surface area contributed by atoms with E-state index in [1.165, 1.54) is 19.2 Å². The lowest BCUT2D eigenvalue weighted by atomic mass is 9.97. The molecular weight excluding hydrogens is 294 g/mol. The zero-order valence-electron chi connectivity index (χ0n) is 13.1. The summed E-state index contributed by atoms with van der Waals surface area (Å²) in [5.74, 6) is 0.697. The van der Waals surface area contributed by atoms with Crippen molar-refractivity contribution in [1.82, 2.24) is 24.8 Å². The fraction of sp³-hybridized carbons (Fsp3) is 0.625. The Hall–Kier alpha value is -2.02. The van der Waals surface area contributed by atoms with Gasteiger partial charge >= 0.3 is 0 Å². The predicted octanol–water partition coefficient (Wildman–Crippen LogP) is 1.17. The Labute approximate surface area is 134 Å². The Bertz CT molecular complexity index is 725. The van der Waals surface area contributed by atoms with Gasteiger partial charge in [0.05, 0.1) is 18.8 Å². The molecule has 1 fully saturated rings. The minimum absolute atomic E-state index is 0.0251. The quantitative estimate of drug-likeness (QED) is 0.843. The first-order valence-electron chi connectivity index (χ1n) is 8.39. The number of hydrogen-bond donors (Lipinski definition) is 0. The van der Waals surface area contributed by atoms with Crippen LogP contribution in [0.25, 0.3) is 0 Å². The normalized spacial score (nSPS) is 21.5. The number of nitrogens with zero attached hydrogens (tertiary/aromatic N) is 5. The van der Waals surface area contributed by atoms with Crippen LogP contribution < -0.4 is 5.56 Å². The van der Waals surface area contributed by atoms with E-state index in [9.17, 15) is 4.79 Å². The molecule has 1 aliphatic heterocycles. The standard InChI is InChI=1S/C16H21N5O2/c22-16-8-12-4-1-2-6-14(12)18-21(16)9-13-5-3-7-20(13)10-15-17-11-23-19-15/h8,11,13H,1-7,9-10H2. The number of likely N-dealkylation sites (tertiary alicyclic amines) is 1. The molecule has 4 rings (SSSR count). The van der Waals surface area contributed by atoms with Crippen molar-refractivity contribution in [3.8, 4) is 0 Å². The average molecular weight is 315 g/mol. The lowest BCUT2D eigenvalue weighted by Gasteiger charge is -2.24. The molecule has 122 valence electrons. The molecule has 7 heteroatoms. The molecule has 23 heavy (non-hydrogen) atoms. The van der Waals surface area contributed by atoms with Crippen molar-refractivity contribution in [3.05, 3.63) is 39.9 Å². The summed E-state index contributed by atoms with van der Waals surface area (Å²) < 4.78 is 6.46. The number of aryl methyl sites for hydroxylation is 2. The van der Waals surface area contributed by atoms with E-state index in [1.807, 2.05) is 0 Å². The van der Waals surface area contributed by atoms with Crippen LogP contribution in [-0.2, 0) is 25.9 Å². The second kappa shape index (κ2) is 6.23. The maximum Gasteiger partial charge on any atom is 0.267 e. The summed E-state index contributed by atoms with van der Waals surface area (Å²) in [7, 11) is 0. The minimum atomic E-state index is 0.0251. The van der Waals surface area contributed by atoms with Gasteiger partial charge in [-0.05, 0) is 50.6 Å². The first-order chi connectivity index (χ1) is 11.3. The van der Waals surface area contributed by atoms with E-state index in [0.29, 0.717) is 25.0 Å². The zero-order valence-corrected chi connectivity index (χ0v) is 13.1. The Morgan fingerprint density at radius 1 is 1.26 bits per heavy atom. The monoisotopic (exact) mass is 315 g/mol. The van der Waals surface area contributed by atoms with Gasteiger partial charge in [-0.2, -0.15) is 10.1 Å². The summed E-state index contributed by atoms with van der Waals surface area (Å²) in [4.78, 5) is 18.8. The number of hydrogen-bond acceptors (Lipinski definition) is 6. The average Bonchev–Trinajstić information content (AvgIpc) is 3.21. The van der Waals surface area contributed by atoms with Gasteiger partial charge in [-0.15, -0.1) is 0 Å². The number of aromatic nitrogens is 4. The van der Waals surface area contributed by atoms with Crippen LogP contribution in [0, 0.1) is 0 Å². The minimum Gasteiger partial charge on any atom is -0.343 e. The number of rotatable bonds is 4. The van der Waals surface area contributed by atoms with Gasteiger partial charge in [-0.25, -0.2) is 4.68 Å². The van der Waals surface area contributed by atoms with Gasteiger partial charge < -0.3 is 4.52 Å². The van der Waals surface area contributed by atoms with Crippen LogP contribution in [0.4, 0.5) is 0 Å². The van der Waals surface area contributed by atoms with Crippen LogP contribution in [-0.4, -0.2) is 37.4 Å². The van der Waals surface area contributed by atoms with Gasteiger partial charge in [0.15, 0.2) is 5.82 Å². The molecule has 0 N–H and O–H groups in total. The summed E-state index contributed by atoms with van der Waals surface area (Å²) >= 11 is 0. The third-order valence-electron chi connectivity index (χ3n) is 4.91. The van der Waals surface area contributed by atoms with E-state index in [0.717, 1.165) is 43.5 Å². The molecule has 0 amide bonds. The molecule has 1 aliphatic carbocycles. The SMILES string of the molecule is O=c1cc2c(nn1CC1CCCN1Cc1ncon1)CCCC2. The highest BCUT2D eigenvalue weighted by atomic mass is 16.5. The number of fused-ring (bicyclic) bond motifs is 1. The molecular formula is C16H21N5O2. The molecule has 7 nitrogen and oxygen atoms in total. The first-order valence-corrected chi connectivity index (χ1v) is 8.39. The highest BCUT2D eigenvalue weighted by Gasteiger charge is 2.27. The third-order valence-corrected chi connectivity index (χ3v) is 4.91. The van der Waals surface area contributed by atoms with Gasteiger partial charge in [-0.1, -0.05) is 5.16 Å². The van der Waals surface area contributed by atoms with Gasteiger partial charge in [0, 0.05) is 12.1 Å². The summed E-state index contributed by atoms with van der Waals surface area (Å²) in [5, 5.41) is 8.52. The lowest BCUT2D eigenvalue weighted by Crippen LogP contribution is -2.37. The molecule has 0 radical (unpaired) electrons. The van der Waals surface area contributed by atoms with Crippen molar-refractivity contribution in [2.24, 2.45) is 0 Å². The summed E-state index contributed by atoms with van der Waals surface area (Å²) in [6.07, 6.45) is 7.88. The molecule has 1 atom stereocenters. The van der Waals surface area contributed by atoms with Crippen molar-refractivity contribution in [2.45, 2.75) is 57.7 Å². The van der Waals surface area contributed by atoms with Crippen LogP contribution in [0.1, 0.15) is 42.8 Å². The van der Waals surface area contributed by atoms with Gasteiger partial charge in [-0.3, -0.25) is 9.69 Å². The van der Waals surface area contributed by atoms with E-state index in [-0.39, 0.29) is 5.56 Å². The summed E-state index contributed by atoms with van der Waals surface area (Å²) in [6.45, 7) is 2.31. The zero-order chi connectivity index (χ0) is 15.6. The highest BCUT2D eigenvalue weighted by molar-refractivity contribution is 5.20. The molecule has 0 aromatic carbocycles. The van der Waals surface area contributed by atoms with Gasteiger partial charge in [0.25, 0.3) is 5.56 Å².